The molecule has 1 unspecified atom stereocenters. The lowest BCUT2D eigenvalue weighted by molar-refractivity contribution is -0.137. The van der Waals surface area contributed by atoms with Crippen LogP contribution in [0.2, 0.25) is 0 Å². The number of thiazole rings is 1. The molecule has 1 fully saturated rings. The van der Waals surface area contributed by atoms with Crippen molar-refractivity contribution in [2.24, 2.45) is 5.92 Å². The van der Waals surface area contributed by atoms with E-state index in [1.54, 1.807) is 6.07 Å². The molecule has 0 saturated carbocycles. The maximum Gasteiger partial charge on any atom is 0.416 e. The summed E-state index contributed by atoms with van der Waals surface area (Å²) in [6.07, 6.45) is -4.39. The van der Waals surface area contributed by atoms with Crippen molar-refractivity contribution in [1.82, 2.24) is 15.2 Å². The zero-order chi connectivity index (χ0) is 21.3. The summed E-state index contributed by atoms with van der Waals surface area (Å²) < 4.78 is 39.7. The van der Waals surface area contributed by atoms with E-state index in [0.29, 0.717) is 5.56 Å². The van der Waals surface area contributed by atoms with Crippen LogP contribution in [0.25, 0.3) is 10.2 Å². The third kappa shape index (κ3) is 4.46. The van der Waals surface area contributed by atoms with Crippen LogP contribution in [0.1, 0.15) is 22.6 Å². The number of nitrogens with one attached hydrogen (secondary N) is 1. The van der Waals surface area contributed by atoms with E-state index in [2.05, 4.69) is 10.3 Å². The van der Waals surface area contributed by atoms with E-state index in [-0.39, 0.29) is 37.9 Å². The first-order valence-corrected chi connectivity index (χ1v) is 10.2. The maximum atomic E-state index is 12.9. The fraction of sp³-hybridized carbons (Fsp3) is 0.286. The van der Waals surface area contributed by atoms with Crippen molar-refractivity contribution < 1.29 is 22.8 Å². The van der Waals surface area contributed by atoms with Crippen LogP contribution in [0.3, 0.4) is 0 Å². The normalized spacial score (nSPS) is 17.0. The number of hydrogen-bond donors (Lipinski definition) is 1. The van der Waals surface area contributed by atoms with E-state index in [1.165, 1.54) is 22.3 Å². The van der Waals surface area contributed by atoms with E-state index in [4.69, 9.17) is 0 Å². The second kappa shape index (κ2) is 8.06. The standard InChI is InChI=1S/C21H18F3N3O2S/c22-21(23,24)15-5-3-4-13(8-15)11-27-12-14(9-19(27)28)20(29)25-10-18-26-16-6-1-2-7-17(16)30-18/h1-8,14H,9-12H2,(H,25,29). The first-order chi connectivity index (χ1) is 14.3. The molecule has 1 N–H and O–H groups in total. The fourth-order valence-electron chi connectivity index (χ4n) is 3.47. The molecule has 1 saturated heterocycles. The quantitative estimate of drug-likeness (QED) is 0.662. The molecule has 5 nitrogen and oxygen atoms in total. The highest BCUT2D eigenvalue weighted by atomic mass is 32.1. The van der Waals surface area contributed by atoms with Gasteiger partial charge in [0, 0.05) is 19.5 Å². The van der Waals surface area contributed by atoms with Gasteiger partial charge in [0.25, 0.3) is 0 Å². The number of hydrogen-bond acceptors (Lipinski definition) is 4. The van der Waals surface area contributed by atoms with Gasteiger partial charge < -0.3 is 10.2 Å². The largest absolute Gasteiger partial charge is 0.416 e. The van der Waals surface area contributed by atoms with Crippen LogP contribution in [0.4, 0.5) is 13.2 Å². The average Bonchev–Trinajstić information content (AvgIpc) is 3.29. The molecule has 0 bridgehead atoms. The summed E-state index contributed by atoms with van der Waals surface area (Å²) >= 11 is 1.49. The smallest absolute Gasteiger partial charge is 0.349 e. The molecule has 3 aromatic rings. The number of benzene rings is 2. The zero-order valence-corrected chi connectivity index (χ0v) is 16.6. The second-order valence-electron chi connectivity index (χ2n) is 7.17. The van der Waals surface area contributed by atoms with Gasteiger partial charge in [-0.15, -0.1) is 11.3 Å². The highest BCUT2D eigenvalue weighted by Gasteiger charge is 2.35. The number of halogens is 3. The summed E-state index contributed by atoms with van der Waals surface area (Å²) in [5.74, 6) is -1.03. The Morgan fingerprint density at radius 2 is 2.00 bits per heavy atom. The Balaban J connectivity index is 1.35. The lowest BCUT2D eigenvalue weighted by atomic mass is 10.1. The Morgan fingerprint density at radius 1 is 1.20 bits per heavy atom. The van der Waals surface area contributed by atoms with Crippen LogP contribution in [0, 0.1) is 5.92 Å². The Bertz CT molecular complexity index is 1060. The van der Waals surface area contributed by atoms with Gasteiger partial charge in [-0.2, -0.15) is 13.2 Å². The number of fused-ring (bicyclic) bond motifs is 1. The predicted molar refractivity (Wildman–Crippen MR) is 106 cm³/mol. The number of carbonyl (C=O) groups excluding carboxylic acids is 2. The number of para-hydroxylation sites is 1. The van der Waals surface area contributed by atoms with E-state index >= 15 is 0 Å². The van der Waals surface area contributed by atoms with Crippen LogP contribution in [0.15, 0.2) is 48.5 Å². The highest BCUT2D eigenvalue weighted by Crippen LogP contribution is 2.30. The Hall–Kier alpha value is -2.94. The molecule has 1 aliphatic rings. The fourth-order valence-corrected chi connectivity index (χ4v) is 4.38. The van der Waals surface area contributed by atoms with Gasteiger partial charge in [0.1, 0.15) is 5.01 Å². The Labute approximate surface area is 174 Å². The molecule has 2 heterocycles. The van der Waals surface area contributed by atoms with Gasteiger partial charge in [-0.05, 0) is 29.8 Å². The molecule has 0 aliphatic carbocycles. The maximum absolute atomic E-state index is 12.9. The van der Waals surface area contributed by atoms with Crippen molar-refractivity contribution in [3.05, 3.63) is 64.7 Å². The van der Waals surface area contributed by atoms with Gasteiger partial charge in [-0.1, -0.05) is 24.3 Å². The molecule has 0 radical (unpaired) electrons. The summed E-state index contributed by atoms with van der Waals surface area (Å²) in [7, 11) is 0. The molecule has 1 aliphatic heterocycles. The highest BCUT2D eigenvalue weighted by molar-refractivity contribution is 7.18. The summed E-state index contributed by atoms with van der Waals surface area (Å²) in [5, 5.41) is 3.59. The molecule has 4 rings (SSSR count). The van der Waals surface area contributed by atoms with Gasteiger partial charge >= 0.3 is 6.18 Å². The van der Waals surface area contributed by atoms with Crippen molar-refractivity contribution in [3.63, 3.8) is 0 Å². The zero-order valence-electron chi connectivity index (χ0n) is 15.8. The van der Waals surface area contributed by atoms with Crippen LogP contribution in [-0.4, -0.2) is 28.2 Å². The lowest BCUT2D eigenvalue weighted by Gasteiger charge is -2.17. The second-order valence-corrected chi connectivity index (χ2v) is 8.28. The van der Waals surface area contributed by atoms with E-state index < -0.39 is 17.7 Å². The SMILES string of the molecule is O=C(NCc1nc2ccccc2s1)C1CC(=O)N(Cc2cccc(C(F)(F)F)c2)C1. The van der Waals surface area contributed by atoms with Crippen LogP contribution in [0.5, 0.6) is 0 Å². The van der Waals surface area contributed by atoms with E-state index in [1.807, 2.05) is 24.3 Å². The van der Waals surface area contributed by atoms with E-state index in [9.17, 15) is 22.8 Å². The van der Waals surface area contributed by atoms with Crippen molar-refractivity contribution in [3.8, 4) is 0 Å². The topological polar surface area (TPSA) is 62.3 Å². The van der Waals surface area contributed by atoms with Crippen LogP contribution >= 0.6 is 11.3 Å². The molecule has 156 valence electrons. The monoisotopic (exact) mass is 433 g/mol. The summed E-state index contributed by atoms with van der Waals surface area (Å²) in [5.41, 5.74) is 0.500. The molecular weight excluding hydrogens is 415 g/mol. The minimum Gasteiger partial charge on any atom is -0.349 e. The lowest BCUT2D eigenvalue weighted by Crippen LogP contribution is -2.32. The summed E-state index contributed by atoms with van der Waals surface area (Å²) in [6.45, 7) is 0.502. The van der Waals surface area contributed by atoms with Gasteiger partial charge in [0.15, 0.2) is 0 Å². The number of likely N-dealkylation sites (tertiary alicyclic amines) is 1. The number of aromatic nitrogens is 1. The number of nitrogens with zero attached hydrogens (tertiary/aromatic N) is 2. The molecule has 30 heavy (non-hydrogen) atoms. The van der Waals surface area contributed by atoms with Crippen molar-refractivity contribution in [1.29, 1.82) is 0 Å². The number of amides is 2. The molecule has 2 aromatic carbocycles. The predicted octanol–water partition coefficient (Wildman–Crippen LogP) is 3.98. The number of carbonyl (C=O) groups is 2. The van der Waals surface area contributed by atoms with Gasteiger partial charge in [-0.3, -0.25) is 9.59 Å². The first-order valence-electron chi connectivity index (χ1n) is 9.35. The average molecular weight is 433 g/mol. The molecule has 1 aromatic heterocycles. The third-order valence-corrected chi connectivity index (χ3v) is 6.00. The molecular formula is C21H18F3N3O2S. The van der Waals surface area contributed by atoms with Crippen molar-refractivity contribution >= 4 is 33.4 Å². The third-order valence-electron chi connectivity index (χ3n) is 4.97. The Kier molecular flexibility index (Phi) is 5.46. The van der Waals surface area contributed by atoms with Crippen LogP contribution in [-0.2, 0) is 28.9 Å². The van der Waals surface area contributed by atoms with Crippen LogP contribution < -0.4 is 5.32 Å². The molecule has 0 spiro atoms. The summed E-state index contributed by atoms with van der Waals surface area (Å²) in [6, 6.07) is 12.6. The number of rotatable bonds is 5. The molecule has 2 amide bonds. The van der Waals surface area contributed by atoms with E-state index in [0.717, 1.165) is 27.4 Å². The Morgan fingerprint density at radius 3 is 2.77 bits per heavy atom. The van der Waals surface area contributed by atoms with Gasteiger partial charge in [0.05, 0.1) is 28.2 Å². The minimum absolute atomic E-state index is 0.0460. The molecule has 1 atom stereocenters. The van der Waals surface area contributed by atoms with Gasteiger partial charge in [0.2, 0.25) is 11.8 Å². The first kappa shape index (κ1) is 20.3. The minimum atomic E-state index is -4.44. The molecule has 9 heteroatoms. The van der Waals surface area contributed by atoms with Crippen molar-refractivity contribution in [2.45, 2.75) is 25.7 Å². The summed E-state index contributed by atoms with van der Waals surface area (Å²) in [4.78, 5) is 30.7. The van der Waals surface area contributed by atoms with Gasteiger partial charge in [-0.25, -0.2) is 4.98 Å². The number of alkyl halides is 3. The van der Waals surface area contributed by atoms with Crippen molar-refractivity contribution in [2.75, 3.05) is 6.54 Å².